The first-order chi connectivity index (χ1) is 18.2. The summed E-state index contributed by atoms with van der Waals surface area (Å²) in [5, 5.41) is 0. The molecule has 0 saturated heterocycles. The Hall–Kier alpha value is -4.63. The lowest BCUT2D eigenvalue weighted by atomic mass is 9.77. The van der Waals surface area contributed by atoms with Gasteiger partial charge in [-0.25, -0.2) is 0 Å². The van der Waals surface area contributed by atoms with Gasteiger partial charge in [0.15, 0.2) is 0 Å². The van der Waals surface area contributed by atoms with Crippen molar-refractivity contribution >= 4 is 5.71 Å². The zero-order valence-corrected chi connectivity index (χ0v) is 21.0. The van der Waals surface area contributed by atoms with E-state index in [9.17, 15) is 0 Å². The van der Waals surface area contributed by atoms with Crippen LogP contribution in [-0.2, 0) is 5.54 Å². The standard InChI is InChI=1S/C34H29NO2/c1-36-31-22-18-26(19-23-31)33(27-20-24-32(37-2)25-21-27)35-34(28-12-6-3-7-13-28,29-14-8-4-9-15-29)30-16-10-5-11-17-30/h3-25H,1-2H3. The molecule has 0 aromatic heterocycles. The topological polar surface area (TPSA) is 30.8 Å². The highest BCUT2D eigenvalue weighted by molar-refractivity contribution is 6.13. The average molecular weight is 484 g/mol. The minimum Gasteiger partial charge on any atom is -0.497 e. The summed E-state index contributed by atoms with van der Waals surface area (Å²) in [5.41, 5.74) is 5.36. The number of ether oxygens (including phenoxy) is 2. The van der Waals surface area contributed by atoms with E-state index in [2.05, 4.69) is 97.1 Å². The number of nitrogens with zero attached hydrogens (tertiary/aromatic N) is 1. The van der Waals surface area contributed by atoms with E-state index in [0.717, 1.165) is 45.0 Å². The highest BCUT2D eigenvalue weighted by Gasteiger charge is 2.36. The number of hydrogen-bond donors (Lipinski definition) is 0. The highest BCUT2D eigenvalue weighted by atomic mass is 16.5. The first kappa shape index (κ1) is 24.1. The monoisotopic (exact) mass is 483 g/mol. The molecule has 5 rings (SSSR count). The number of benzene rings is 5. The Labute approximate surface area is 218 Å². The minimum atomic E-state index is -0.779. The van der Waals surface area contributed by atoms with Gasteiger partial charge in [0.2, 0.25) is 0 Å². The third-order valence-electron chi connectivity index (χ3n) is 6.58. The second-order valence-electron chi connectivity index (χ2n) is 8.73. The van der Waals surface area contributed by atoms with Crippen molar-refractivity contribution in [2.45, 2.75) is 5.54 Å². The molecule has 0 saturated carbocycles. The average Bonchev–Trinajstić information content (AvgIpc) is 2.99. The van der Waals surface area contributed by atoms with Gasteiger partial charge in [-0.15, -0.1) is 0 Å². The van der Waals surface area contributed by atoms with Gasteiger partial charge in [0.1, 0.15) is 17.0 Å². The first-order valence-corrected chi connectivity index (χ1v) is 12.3. The summed E-state index contributed by atoms with van der Waals surface area (Å²) in [6.07, 6.45) is 0. The molecule has 5 aromatic carbocycles. The molecule has 0 bridgehead atoms. The van der Waals surface area contributed by atoms with Gasteiger partial charge in [-0.3, -0.25) is 4.99 Å². The van der Waals surface area contributed by atoms with Crippen LogP contribution in [-0.4, -0.2) is 19.9 Å². The van der Waals surface area contributed by atoms with Crippen molar-refractivity contribution in [3.05, 3.63) is 167 Å². The van der Waals surface area contributed by atoms with Crippen LogP contribution in [0.3, 0.4) is 0 Å². The zero-order chi connectivity index (χ0) is 25.5. The van der Waals surface area contributed by atoms with Crippen molar-refractivity contribution in [3.63, 3.8) is 0 Å². The lowest BCUT2D eigenvalue weighted by Crippen LogP contribution is -2.29. The Bertz CT molecular complexity index is 1300. The van der Waals surface area contributed by atoms with Crippen LogP contribution in [0.4, 0.5) is 0 Å². The molecule has 0 atom stereocenters. The van der Waals surface area contributed by atoms with Gasteiger partial charge < -0.3 is 9.47 Å². The molecule has 0 amide bonds. The lowest BCUT2D eigenvalue weighted by Gasteiger charge is -2.33. The van der Waals surface area contributed by atoms with E-state index in [0.29, 0.717) is 0 Å². The van der Waals surface area contributed by atoms with Crippen LogP contribution in [0, 0.1) is 0 Å². The molecule has 0 aliphatic carbocycles. The quantitative estimate of drug-likeness (QED) is 0.169. The summed E-state index contributed by atoms with van der Waals surface area (Å²) in [6, 6.07) is 47.7. The fourth-order valence-electron chi connectivity index (χ4n) is 4.69. The predicted molar refractivity (Wildman–Crippen MR) is 151 cm³/mol. The van der Waals surface area contributed by atoms with Crippen LogP contribution in [0.1, 0.15) is 27.8 Å². The van der Waals surface area contributed by atoms with Crippen LogP contribution >= 0.6 is 0 Å². The molecular formula is C34H29NO2. The van der Waals surface area contributed by atoms with E-state index in [4.69, 9.17) is 14.5 Å². The maximum Gasteiger partial charge on any atom is 0.136 e. The molecule has 0 unspecified atom stereocenters. The molecule has 0 fully saturated rings. The number of rotatable bonds is 8. The summed E-state index contributed by atoms with van der Waals surface area (Å²) in [6.45, 7) is 0. The van der Waals surface area contributed by atoms with Crippen LogP contribution in [0.15, 0.2) is 145 Å². The summed E-state index contributed by atoms with van der Waals surface area (Å²) >= 11 is 0. The van der Waals surface area contributed by atoms with E-state index >= 15 is 0 Å². The van der Waals surface area contributed by atoms with Crippen molar-refractivity contribution < 1.29 is 9.47 Å². The van der Waals surface area contributed by atoms with Gasteiger partial charge in [0.05, 0.1) is 19.9 Å². The van der Waals surface area contributed by atoms with Gasteiger partial charge in [0, 0.05) is 11.1 Å². The number of hydrogen-bond acceptors (Lipinski definition) is 3. The van der Waals surface area contributed by atoms with E-state index < -0.39 is 5.54 Å². The van der Waals surface area contributed by atoms with E-state index in [1.165, 1.54) is 0 Å². The van der Waals surface area contributed by atoms with Crippen LogP contribution in [0.2, 0.25) is 0 Å². The van der Waals surface area contributed by atoms with Crippen molar-refractivity contribution in [1.82, 2.24) is 0 Å². The van der Waals surface area contributed by atoms with Crippen LogP contribution in [0.5, 0.6) is 11.5 Å². The Morgan fingerprint density at radius 1 is 0.459 bits per heavy atom. The highest BCUT2D eigenvalue weighted by Crippen LogP contribution is 2.41. The van der Waals surface area contributed by atoms with Crippen LogP contribution < -0.4 is 9.47 Å². The molecule has 182 valence electrons. The van der Waals surface area contributed by atoms with Gasteiger partial charge in [-0.05, 0) is 65.2 Å². The predicted octanol–water partition coefficient (Wildman–Crippen LogP) is 7.53. The fourth-order valence-corrected chi connectivity index (χ4v) is 4.69. The van der Waals surface area contributed by atoms with E-state index in [-0.39, 0.29) is 0 Å². The molecule has 0 aliphatic heterocycles. The normalized spacial score (nSPS) is 11.0. The molecule has 3 heteroatoms. The molecule has 0 radical (unpaired) electrons. The second kappa shape index (κ2) is 11.0. The SMILES string of the molecule is COc1ccc(C(=NC(c2ccccc2)(c2ccccc2)c2ccccc2)c2ccc(OC)cc2)cc1. The Morgan fingerprint density at radius 3 is 1.08 bits per heavy atom. The molecule has 3 nitrogen and oxygen atoms in total. The zero-order valence-electron chi connectivity index (χ0n) is 21.0. The Kier molecular flexibility index (Phi) is 7.14. The lowest BCUT2D eigenvalue weighted by molar-refractivity contribution is 0.414. The van der Waals surface area contributed by atoms with Gasteiger partial charge in [0.25, 0.3) is 0 Å². The van der Waals surface area contributed by atoms with Crippen molar-refractivity contribution in [3.8, 4) is 11.5 Å². The Morgan fingerprint density at radius 2 is 0.784 bits per heavy atom. The summed E-state index contributed by atoms with van der Waals surface area (Å²) < 4.78 is 10.9. The molecule has 0 heterocycles. The van der Waals surface area contributed by atoms with Gasteiger partial charge >= 0.3 is 0 Å². The smallest absolute Gasteiger partial charge is 0.136 e. The summed E-state index contributed by atoms with van der Waals surface area (Å²) in [7, 11) is 3.36. The van der Waals surface area contributed by atoms with Crippen LogP contribution in [0.25, 0.3) is 0 Å². The molecular weight excluding hydrogens is 454 g/mol. The van der Waals surface area contributed by atoms with Gasteiger partial charge in [-0.1, -0.05) is 91.0 Å². The molecule has 5 aromatic rings. The van der Waals surface area contributed by atoms with E-state index in [1.807, 2.05) is 42.5 Å². The maximum atomic E-state index is 5.70. The Balaban J connectivity index is 1.86. The summed E-state index contributed by atoms with van der Waals surface area (Å²) in [4.78, 5) is 5.70. The van der Waals surface area contributed by atoms with Crippen molar-refractivity contribution in [2.75, 3.05) is 14.2 Å². The van der Waals surface area contributed by atoms with Crippen molar-refractivity contribution in [2.24, 2.45) is 4.99 Å². The first-order valence-electron chi connectivity index (χ1n) is 12.3. The molecule has 0 aliphatic rings. The minimum absolute atomic E-state index is 0.779. The maximum absolute atomic E-state index is 5.70. The number of methoxy groups -OCH3 is 2. The number of aliphatic imine (C=N–C) groups is 1. The summed E-state index contributed by atoms with van der Waals surface area (Å²) in [5.74, 6) is 1.61. The molecule has 0 N–H and O–H groups in total. The largest absolute Gasteiger partial charge is 0.497 e. The third-order valence-corrected chi connectivity index (χ3v) is 6.58. The van der Waals surface area contributed by atoms with Gasteiger partial charge in [-0.2, -0.15) is 0 Å². The van der Waals surface area contributed by atoms with E-state index in [1.54, 1.807) is 14.2 Å². The fraction of sp³-hybridized carbons (Fsp3) is 0.0882. The third kappa shape index (κ3) is 4.89. The van der Waals surface area contributed by atoms with Crippen molar-refractivity contribution in [1.29, 1.82) is 0 Å². The second-order valence-corrected chi connectivity index (χ2v) is 8.73. The molecule has 37 heavy (non-hydrogen) atoms. The molecule has 0 spiro atoms.